The van der Waals surface area contributed by atoms with E-state index in [0.717, 1.165) is 67.0 Å². The van der Waals surface area contributed by atoms with Gasteiger partial charge in [0, 0.05) is 49.9 Å². The van der Waals surface area contributed by atoms with Crippen molar-refractivity contribution in [2.24, 2.45) is 17.8 Å². The highest BCUT2D eigenvalue weighted by Crippen LogP contribution is 2.30. The fraction of sp³-hybridized carbons (Fsp3) is 0.526. The van der Waals surface area contributed by atoms with Crippen LogP contribution in [0.2, 0.25) is 0 Å². The van der Waals surface area contributed by atoms with Crippen molar-refractivity contribution in [3.63, 3.8) is 0 Å². The van der Waals surface area contributed by atoms with E-state index in [2.05, 4.69) is 38.6 Å². The SMILES string of the molecule is O=C(CC(Cc1ccc2[nH]ccc2c1)C(=O)N1CCC(CCC2CCNCC2)CC1)N1CCC(n2nc(-c3ccccc3)[nH]c2=O)CC1. The average molecular weight is 652 g/mol. The first-order valence-corrected chi connectivity index (χ1v) is 18.1. The normalized spacial score (nSPS) is 19.2. The number of nitrogens with one attached hydrogen (secondary N) is 3. The summed E-state index contributed by atoms with van der Waals surface area (Å²) in [6, 6.07) is 17.9. The third kappa shape index (κ3) is 7.59. The number of carbonyl (C=O) groups is 2. The lowest BCUT2D eigenvalue weighted by Gasteiger charge is -2.36. The summed E-state index contributed by atoms with van der Waals surface area (Å²) in [5.41, 5.74) is 2.79. The van der Waals surface area contributed by atoms with E-state index >= 15 is 0 Å². The van der Waals surface area contributed by atoms with Crippen LogP contribution in [0.15, 0.2) is 65.6 Å². The molecular formula is C38H49N7O3. The molecule has 2 aromatic heterocycles. The van der Waals surface area contributed by atoms with Crippen molar-refractivity contribution in [3.8, 4) is 11.4 Å². The van der Waals surface area contributed by atoms with Gasteiger partial charge in [0.15, 0.2) is 5.82 Å². The topological polar surface area (TPSA) is 119 Å². The fourth-order valence-corrected chi connectivity index (χ4v) is 8.11. The Morgan fingerprint density at radius 3 is 2.29 bits per heavy atom. The molecule has 0 aliphatic carbocycles. The molecule has 0 spiro atoms. The van der Waals surface area contributed by atoms with E-state index in [1.54, 1.807) is 4.68 Å². The zero-order valence-corrected chi connectivity index (χ0v) is 27.9. The second-order valence-corrected chi connectivity index (χ2v) is 14.2. The van der Waals surface area contributed by atoms with Crippen molar-refractivity contribution < 1.29 is 9.59 Å². The Morgan fingerprint density at radius 1 is 0.833 bits per heavy atom. The molecule has 0 radical (unpaired) electrons. The number of fused-ring (bicyclic) bond motifs is 1. The van der Waals surface area contributed by atoms with Gasteiger partial charge in [0.2, 0.25) is 11.8 Å². The molecule has 10 nitrogen and oxygen atoms in total. The molecule has 4 aromatic rings. The molecule has 2 aromatic carbocycles. The Hall–Kier alpha value is -4.18. The minimum absolute atomic E-state index is 0.0192. The van der Waals surface area contributed by atoms with E-state index < -0.39 is 5.92 Å². The molecule has 3 aliphatic heterocycles. The van der Waals surface area contributed by atoms with E-state index in [9.17, 15) is 14.4 Å². The molecule has 3 fully saturated rings. The molecule has 2 amide bonds. The summed E-state index contributed by atoms with van der Waals surface area (Å²) in [7, 11) is 0. The predicted octanol–water partition coefficient (Wildman–Crippen LogP) is 5.15. The maximum Gasteiger partial charge on any atom is 0.343 e. The van der Waals surface area contributed by atoms with Gasteiger partial charge in [-0.2, -0.15) is 0 Å². The van der Waals surface area contributed by atoms with Crippen LogP contribution < -0.4 is 11.0 Å². The average Bonchev–Trinajstić information content (AvgIpc) is 3.77. The van der Waals surface area contributed by atoms with E-state index in [4.69, 9.17) is 0 Å². The summed E-state index contributed by atoms with van der Waals surface area (Å²) in [4.78, 5) is 50.8. The quantitative estimate of drug-likeness (QED) is 0.219. The molecule has 3 saturated heterocycles. The number of hydrogen-bond donors (Lipinski definition) is 3. The molecule has 0 bridgehead atoms. The summed E-state index contributed by atoms with van der Waals surface area (Å²) in [5, 5.41) is 9.18. The molecule has 10 heteroatoms. The standard InChI is InChI=1S/C38H49N7O3/c46-35(43-22-15-33(16-23-43)45-38(48)41-36(42-45)30-4-2-1-3-5-30)26-32(25-29-8-9-34-31(24-29)12-19-40-34)37(47)44-20-13-28(14-21-44)7-6-27-10-17-39-18-11-27/h1-5,8-9,12,19,24,27-28,32-33,39-40H,6-7,10-11,13-18,20-23,25-26H2,(H,41,42,48). The number of rotatable bonds is 10. The summed E-state index contributed by atoms with van der Waals surface area (Å²) in [6.45, 7) is 4.95. The van der Waals surface area contributed by atoms with Gasteiger partial charge in [-0.1, -0.05) is 49.2 Å². The highest BCUT2D eigenvalue weighted by Gasteiger charge is 2.33. The Labute approximate surface area is 282 Å². The third-order valence-electron chi connectivity index (χ3n) is 11.1. The van der Waals surface area contributed by atoms with Crippen LogP contribution in [0.5, 0.6) is 0 Å². The van der Waals surface area contributed by atoms with Crippen LogP contribution in [-0.4, -0.2) is 80.6 Å². The molecule has 1 atom stereocenters. The van der Waals surface area contributed by atoms with Gasteiger partial charge in [0.25, 0.3) is 0 Å². The number of amides is 2. The Balaban J connectivity index is 0.976. The predicted molar refractivity (Wildman–Crippen MR) is 187 cm³/mol. The van der Waals surface area contributed by atoms with Crippen molar-refractivity contribution >= 4 is 22.7 Å². The largest absolute Gasteiger partial charge is 0.361 e. The highest BCUT2D eigenvalue weighted by atomic mass is 16.2. The van der Waals surface area contributed by atoms with Crippen LogP contribution >= 0.6 is 0 Å². The van der Waals surface area contributed by atoms with Crippen LogP contribution in [0.4, 0.5) is 0 Å². The maximum atomic E-state index is 14.1. The summed E-state index contributed by atoms with van der Waals surface area (Å²) < 4.78 is 1.55. The summed E-state index contributed by atoms with van der Waals surface area (Å²) in [6.07, 6.45) is 11.2. The fourth-order valence-electron chi connectivity index (χ4n) is 8.11. The van der Waals surface area contributed by atoms with Crippen LogP contribution in [0, 0.1) is 17.8 Å². The van der Waals surface area contributed by atoms with Gasteiger partial charge in [-0.3, -0.25) is 14.6 Å². The van der Waals surface area contributed by atoms with Crippen molar-refractivity contribution in [2.75, 3.05) is 39.3 Å². The van der Waals surface area contributed by atoms with E-state index in [1.807, 2.05) is 52.4 Å². The molecule has 7 rings (SSSR count). The number of hydrogen-bond acceptors (Lipinski definition) is 5. The van der Waals surface area contributed by atoms with Crippen molar-refractivity contribution in [2.45, 2.75) is 70.3 Å². The Kier molecular flexibility index (Phi) is 10.1. The molecule has 1 unspecified atom stereocenters. The molecule has 48 heavy (non-hydrogen) atoms. The number of aromatic amines is 2. The van der Waals surface area contributed by atoms with Gasteiger partial charge in [-0.25, -0.2) is 9.48 Å². The van der Waals surface area contributed by atoms with Crippen LogP contribution in [0.25, 0.3) is 22.3 Å². The second-order valence-electron chi connectivity index (χ2n) is 14.2. The molecule has 3 aliphatic rings. The van der Waals surface area contributed by atoms with Crippen LogP contribution in [-0.2, 0) is 16.0 Å². The number of aromatic nitrogens is 4. The minimum Gasteiger partial charge on any atom is -0.361 e. The number of likely N-dealkylation sites (tertiary alicyclic amines) is 2. The van der Waals surface area contributed by atoms with E-state index in [1.165, 1.54) is 25.7 Å². The second kappa shape index (κ2) is 14.9. The number of carbonyl (C=O) groups excluding carboxylic acids is 2. The third-order valence-corrected chi connectivity index (χ3v) is 11.1. The lowest BCUT2D eigenvalue weighted by Crippen LogP contribution is -2.45. The first kappa shape index (κ1) is 32.4. The summed E-state index contributed by atoms with van der Waals surface area (Å²) >= 11 is 0. The van der Waals surface area contributed by atoms with Crippen molar-refractivity contribution in [1.82, 2.24) is 34.9 Å². The van der Waals surface area contributed by atoms with E-state index in [-0.39, 0.29) is 30.0 Å². The van der Waals surface area contributed by atoms with Gasteiger partial charge in [-0.05, 0) is 99.0 Å². The minimum atomic E-state index is -0.403. The lowest BCUT2D eigenvalue weighted by atomic mass is 9.85. The number of piperidine rings is 3. The maximum absolute atomic E-state index is 14.1. The summed E-state index contributed by atoms with van der Waals surface area (Å²) in [5.74, 6) is 1.82. The number of H-pyrrole nitrogens is 2. The smallest absolute Gasteiger partial charge is 0.343 e. The highest BCUT2D eigenvalue weighted by molar-refractivity contribution is 5.86. The van der Waals surface area contributed by atoms with Gasteiger partial charge in [0.05, 0.1) is 12.0 Å². The molecular weight excluding hydrogens is 602 g/mol. The van der Waals surface area contributed by atoms with Crippen molar-refractivity contribution in [3.05, 3.63) is 76.8 Å². The number of benzene rings is 2. The van der Waals surface area contributed by atoms with Gasteiger partial charge >= 0.3 is 5.69 Å². The molecule has 0 saturated carbocycles. The molecule has 3 N–H and O–H groups in total. The van der Waals surface area contributed by atoms with E-state index in [0.29, 0.717) is 44.1 Å². The number of nitrogens with zero attached hydrogens (tertiary/aromatic N) is 4. The lowest BCUT2D eigenvalue weighted by molar-refractivity contribution is -0.142. The van der Waals surface area contributed by atoms with Crippen molar-refractivity contribution in [1.29, 1.82) is 0 Å². The van der Waals surface area contributed by atoms with Gasteiger partial charge in [-0.15, -0.1) is 5.10 Å². The van der Waals surface area contributed by atoms with Crippen LogP contribution in [0.3, 0.4) is 0 Å². The molecule has 5 heterocycles. The monoisotopic (exact) mass is 651 g/mol. The zero-order chi connectivity index (χ0) is 32.9. The Bertz CT molecular complexity index is 1720. The first-order valence-electron chi connectivity index (χ1n) is 18.1. The van der Waals surface area contributed by atoms with Crippen LogP contribution in [0.1, 0.15) is 69.4 Å². The Morgan fingerprint density at radius 2 is 1.54 bits per heavy atom. The molecule has 254 valence electrons. The van der Waals surface area contributed by atoms with Gasteiger partial charge in [0.1, 0.15) is 0 Å². The first-order chi connectivity index (χ1) is 23.5. The van der Waals surface area contributed by atoms with Gasteiger partial charge < -0.3 is 20.1 Å². The zero-order valence-electron chi connectivity index (χ0n) is 27.9.